The van der Waals surface area contributed by atoms with Gasteiger partial charge in [-0.1, -0.05) is 23.7 Å². The Morgan fingerprint density at radius 1 is 0.973 bits per heavy atom. The van der Waals surface area contributed by atoms with Gasteiger partial charge in [-0.15, -0.1) is 0 Å². The summed E-state index contributed by atoms with van der Waals surface area (Å²) in [6.07, 6.45) is 3.48. The molecule has 0 fully saturated rings. The van der Waals surface area contributed by atoms with Crippen molar-refractivity contribution >= 4 is 52.4 Å². The molecule has 4 N–H and O–H groups in total. The van der Waals surface area contributed by atoms with Gasteiger partial charge in [-0.3, -0.25) is 9.59 Å². The van der Waals surface area contributed by atoms with Gasteiger partial charge in [0.25, 0.3) is 11.8 Å². The van der Waals surface area contributed by atoms with E-state index in [-0.39, 0.29) is 16.5 Å². The minimum atomic E-state index is -0.564. The highest BCUT2D eigenvalue weighted by atomic mass is 35.5. The van der Waals surface area contributed by atoms with Crippen molar-refractivity contribution < 1.29 is 18.4 Å². The molecule has 2 aromatic carbocycles. The Bertz CT molecular complexity index is 1630. The molecule has 11 heteroatoms. The molecule has 0 saturated heterocycles. The number of benzene rings is 2. The van der Waals surface area contributed by atoms with E-state index < -0.39 is 17.5 Å². The molecule has 0 spiro atoms. The summed E-state index contributed by atoms with van der Waals surface area (Å²) in [5, 5.41) is 8.56. The van der Waals surface area contributed by atoms with Crippen molar-refractivity contribution in [3.05, 3.63) is 88.0 Å². The Morgan fingerprint density at radius 2 is 1.78 bits per heavy atom. The highest BCUT2D eigenvalue weighted by Gasteiger charge is 2.32. The minimum absolute atomic E-state index is 0.0696. The normalized spacial score (nSPS) is 15.3. The van der Waals surface area contributed by atoms with Crippen LogP contribution in [0.3, 0.4) is 0 Å². The van der Waals surface area contributed by atoms with E-state index in [2.05, 4.69) is 30.9 Å². The fraction of sp³-hybridized carbons (Fsp3) is 0.0769. The van der Waals surface area contributed by atoms with Crippen LogP contribution < -0.4 is 16.0 Å². The number of aromatic amines is 1. The fourth-order valence-corrected chi connectivity index (χ4v) is 4.72. The van der Waals surface area contributed by atoms with Crippen molar-refractivity contribution in [3.8, 4) is 11.1 Å². The summed E-state index contributed by atoms with van der Waals surface area (Å²) >= 11 is 5.92. The zero-order valence-corrected chi connectivity index (χ0v) is 19.7. The predicted molar refractivity (Wildman–Crippen MR) is 135 cm³/mol. The number of hydrogen-bond donors (Lipinski definition) is 4. The number of halogens is 3. The van der Waals surface area contributed by atoms with Gasteiger partial charge in [0.15, 0.2) is 0 Å². The number of carbonyl (C=O) groups excluding carboxylic acids is 2. The van der Waals surface area contributed by atoms with Crippen molar-refractivity contribution in [2.75, 3.05) is 17.2 Å². The van der Waals surface area contributed by atoms with Gasteiger partial charge in [0.2, 0.25) is 0 Å². The number of nitrogens with one attached hydrogen (secondary N) is 4. The highest BCUT2D eigenvalue weighted by molar-refractivity contribution is 6.36. The molecule has 2 amide bonds. The lowest BCUT2D eigenvalue weighted by molar-refractivity contribution is -0.110. The van der Waals surface area contributed by atoms with Gasteiger partial charge in [0, 0.05) is 35.6 Å². The number of carbonyl (C=O) groups is 2. The Morgan fingerprint density at radius 3 is 2.57 bits per heavy atom. The molecule has 37 heavy (non-hydrogen) atoms. The molecule has 0 unspecified atom stereocenters. The smallest absolute Gasteiger partial charge is 0.257 e. The molecule has 0 bridgehead atoms. The van der Waals surface area contributed by atoms with Crippen LogP contribution in [0.1, 0.15) is 27.3 Å². The summed E-state index contributed by atoms with van der Waals surface area (Å²) in [6.45, 7) is 0.469. The van der Waals surface area contributed by atoms with Crippen molar-refractivity contribution in [3.63, 3.8) is 0 Å². The average molecular weight is 519 g/mol. The second-order valence-electron chi connectivity index (χ2n) is 8.49. The standard InChI is InChI=1S/C26H17ClF2N6O2/c27-16-9-14(5-6-17(16)29)33-23-21-15(25(36)35-24(21)32-11-31-23)10-19-20(12-1-3-13(28)4-2-12)22-18(34-19)7-8-30-26(22)37/h1-6,9-11,34H,7-8H2,(H,30,37)(H2,31,32,33,35,36). The molecule has 6 rings (SSSR count). The number of aromatic nitrogens is 3. The highest BCUT2D eigenvalue weighted by Crippen LogP contribution is 2.40. The molecule has 4 heterocycles. The Hall–Kier alpha value is -4.57. The van der Waals surface area contributed by atoms with E-state index in [1.807, 2.05) is 0 Å². The van der Waals surface area contributed by atoms with Crippen LogP contribution >= 0.6 is 11.6 Å². The third-order valence-electron chi connectivity index (χ3n) is 6.19. The van der Waals surface area contributed by atoms with Gasteiger partial charge in [-0.25, -0.2) is 18.7 Å². The first-order valence-electron chi connectivity index (χ1n) is 11.3. The van der Waals surface area contributed by atoms with Crippen LogP contribution in [0.4, 0.5) is 26.1 Å². The van der Waals surface area contributed by atoms with Crippen molar-refractivity contribution in [1.29, 1.82) is 0 Å². The van der Waals surface area contributed by atoms with Gasteiger partial charge < -0.3 is 20.9 Å². The number of anilines is 3. The minimum Gasteiger partial charge on any atom is -0.358 e. The summed E-state index contributed by atoms with van der Waals surface area (Å²) in [7, 11) is 0. The second-order valence-corrected chi connectivity index (χ2v) is 8.90. The molecule has 0 atom stereocenters. The van der Waals surface area contributed by atoms with E-state index in [1.165, 1.54) is 36.7 Å². The molecular formula is C26H17ClF2N6O2. The van der Waals surface area contributed by atoms with E-state index in [1.54, 1.807) is 18.2 Å². The van der Waals surface area contributed by atoms with Crippen LogP contribution in [0.5, 0.6) is 0 Å². The van der Waals surface area contributed by atoms with E-state index >= 15 is 0 Å². The number of rotatable bonds is 4. The van der Waals surface area contributed by atoms with Gasteiger partial charge in [0.1, 0.15) is 29.6 Å². The zero-order chi connectivity index (χ0) is 25.7. The average Bonchev–Trinajstić information content (AvgIpc) is 3.40. The molecular weight excluding hydrogens is 502 g/mol. The first-order chi connectivity index (χ1) is 17.9. The van der Waals surface area contributed by atoms with Gasteiger partial charge >= 0.3 is 0 Å². The fourth-order valence-electron chi connectivity index (χ4n) is 4.54. The number of amides is 2. The quantitative estimate of drug-likeness (QED) is 0.286. The maximum Gasteiger partial charge on any atom is 0.257 e. The molecule has 0 aliphatic carbocycles. The van der Waals surface area contributed by atoms with E-state index in [0.29, 0.717) is 58.2 Å². The number of nitrogens with zero attached hydrogens (tertiary/aromatic N) is 2. The van der Waals surface area contributed by atoms with Crippen LogP contribution in [-0.2, 0) is 11.2 Å². The summed E-state index contributed by atoms with van der Waals surface area (Å²) in [5.41, 5.74) is 3.95. The molecule has 0 radical (unpaired) electrons. The summed E-state index contributed by atoms with van der Waals surface area (Å²) in [6, 6.07) is 9.91. The molecule has 4 aromatic rings. The van der Waals surface area contributed by atoms with Crippen LogP contribution in [-0.4, -0.2) is 33.3 Å². The van der Waals surface area contributed by atoms with Crippen LogP contribution in [0.25, 0.3) is 22.8 Å². The van der Waals surface area contributed by atoms with E-state index in [9.17, 15) is 18.4 Å². The second kappa shape index (κ2) is 8.82. The summed E-state index contributed by atoms with van der Waals surface area (Å²) in [5.74, 6) is -1.05. The molecule has 2 aliphatic heterocycles. The number of fused-ring (bicyclic) bond motifs is 2. The first kappa shape index (κ1) is 22.9. The first-order valence-corrected chi connectivity index (χ1v) is 11.7. The Kier molecular flexibility index (Phi) is 5.45. The maximum absolute atomic E-state index is 13.7. The molecule has 0 saturated carbocycles. The van der Waals surface area contributed by atoms with Crippen LogP contribution in [0.15, 0.2) is 48.8 Å². The predicted octanol–water partition coefficient (Wildman–Crippen LogP) is 4.93. The lowest BCUT2D eigenvalue weighted by Gasteiger charge is -2.14. The molecule has 8 nitrogen and oxygen atoms in total. The Labute approximate surface area is 213 Å². The summed E-state index contributed by atoms with van der Waals surface area (Å²) < 4.78 is 27.3. The van der Waals surface area contributed by atoms with Crippen molar-refractivity contribution in [1.82, 2.24) is 20.3 Å². The van der Waals surface area contributed by atoms with Crippen molar-refractivity contribution in [2.24, 2.45) is 0 Å². The van der Waals surface area contributed by atoms with Gasteiger partial charge in [0.05, 0.1) is 21.7 Å². The largest absolute Gasteiger partial charge is 0.358 e. The lowest BCUT2D eigenvalue weighted by atomic mass is 9.96. The molecule has 184 valence electrons. The van der Waals surface area contributed by atoms with Gasteiger partial charge in [-0.2, -0.15) is 0 Å². The van der Waals surface area contributed by atoms with Crippen LogP contribution in [0, 0.1) is 11.6 Å². The third-order valence-corrected chi connectivity index (χ3v) is 6.48. The summed E-state index contributed by atoms with van der Waals surface area (Å²) in [4.78, 5) is 37.6. The molecule has 2 aliphatic rings. The monoisotopic (exact) mass is 518 g/mol. The molecule has 2 aromatic heterocycles. The van der Waals surface area contributed by atoms with Crippen molar-refractivity contribution in [2.45, 2.75) is 6.42 Å². The SMILES string of the molecule is O=C1Nc2ncnc(Nc3ccc(F)c(Cl)c3)c2C1=Cc1[nH]c2c(c1-c1ccc(F)cc1)C(=O)NCC2. The third kappa shape index (κ3) is 4.01. The topological polar surface area (TPSA) is 112 Å². The number of H-pyrrole nitrogens is 1. The number of hydrogen-bond acceptors (Lipinski definition) is 5. The zero-order valence-electron chi connectivity index (χ0n) is 19.0. The van der Waals surface area contributed by atoms with E-state index in [4.69, 9.17) is 11.6 Å². The van der Waals surface area contributed by atoms with Gasteiger partial charge in [-0.05, 0) is 42.0 Å². The van der Waals surface area contributed by atoms with Crippen LogP contribution in [0.2, 0.25) is 5.02 Å². The Balaban J connectivity index is 1.50. The van der Waals surface area contributed by atoms with E-state index in [0.717, 1.165) is 5.69 Å². The maximum atomic E-state index is 13.7. The lowest BCUT2D eigenvalue weighted by Crippen LogP contribution is -2.31.